The first-order chi connectivity index (χ1) is 4.63. The molecule has 0 saturated carbocycles. The number of hydrogen-bond donors (Lipinski definition) is 0. The normalized spacial score (nSPS) is 25.6. The maximum atomic E-state index is 10.9. The average Bonchev–Trinajstić information content (AvgIpc) is 2.11. The molecule has 0 aliphatic carbocycles. The molecule has 0 N–H and O–H groups in total. The van der Waals surface area contributed by atoms with Gasteiger partial charge in [-0.05, 0) is 13.3 Å². The summed E-state index contributed by atoms with van der Waals surface area (Å²) in [7, 11) is 0. The van der Waals surface area contributed by atoms with E-state index in [0.29, 0.717) is 6.42 Å². The van der Waals surface area contributed by atoms with Gasteiger partial charge in [-0.2, -0.15) is 0 Å². The van der Waals surface area contributed by atoms with Crippen LogP contribution in [0, 0.1) is 0 Å². The number of imide groups is 1. The number of nitrogens with zero attached hydrogens (tertiary/aromatic N) is 1. The summed E-state index contributed by atoms with van der Waals surface area (Å²) >= 11 is 0. The van der Waals surface area contributed by atoms with Crippen LogP contribution in [0.4, 0.5) is 0 Å². The first-order valence-corrected chi connectivity index (χ1v) is 3.45. The van der Waals surface area contributed by atoms with Crippen LogP contribution in [0.1, 0.15) is 26.7 Å². The molecule has 0 bridgehead atoms. The molecule has 1 aliphatic heterocycles. The van der Waals surface area contributed by atoms with Crippen molar-refractivity contribution in [3.8, 4) is 0 Å². The zero-order chi connectivity index (χ0) is 7.72. The van der Waals surface area contributed by atoms with E-state index in [1.807, 2.05) is 6.92 Å². The van der Waals surface area contributed by atoms with Crippen LogP contribution in [0.15, 0.2) is 0 Å². The molecule has 1 fully saturated rings. The molecule has 1 heterocycles. The Labute approximate surface area is 60.0 Å². The van der Waals surface area contributed by atoms with E-state index in [2.05, 4.69) is 0 Å². The SMILES string of the molecule is CC(=O)N1C(=O)CCC1C. The largest absolute Gasteiger partial charge is 0.280 e. The summed E-state index contributed by atoms with van der Waals surface area (Å²) in [5.74, 6) is -0.157. The second-order valence-electron chi connectivity index (χ2n) is 2.67. The van der Waals surface area contributed by atoms with Crippen LogP contribution in [0.25, 0.3) is 0 Å². The van der Waals surface area contributed by atoms with Crippen molar-refractivity contribution in [1.29, 1.82) is 0 Å². The van der Waals surface area contributed by atoms with Crippen LogP contribution >= 0.6 is 0 Å². The third-order valence-corrected chi connectivity index (χ3v) is 1.82. The van der Waals surface area contributed by atoms with Crippen LogP contribution in [0.3, 0.4) is 0 Å². The van der Waals surface area contributed by atoms with Crippen molar-refractivity contribution in [3.05, 3.63) is 0 Å². The zero-order valence-corrected chi connectivity index (χ0v) is 6.26. The van der Waals surface area contributed by atoms with Gasteiger partial charge >= 0.3 is 0 Å². The predicted octanol–water partition coefficient (Wildman–Crippen LogP) is 0.544. The lowest BCUT2D eigenvalue weighted by atomic mass is 10.2. The molecule has 56 valence electrons. The number of amides is 2. The Morgan fingerprint density at radius 1 is 1.70 bits per heavy atom. The summed E-state index contributed by atoms with van der Waals surface area (Å²) < 4.78 is 0. The summed E-state index contributed by atoms with van der Waals surface area (Å²) in [5.41, 5.74) is 0. The molecule has 10 heavy (non-hydrogen) atoms. The second-order valence-corrected chi connectivity index (χ2v) is 2.67. The predicted molar refractivity (Wildman–Crippen MR) is 36.2 cm³/mol. The molecule has 1 unspecified atom stereocenters. The number of carbonyl (C=O) groups is 2. The van der Waals surface area contributed by atoms with Crippen LogP contribution in [-0.2, 0) is 9.59 Å². The number of rotatable bonds is 0. The van der Waals surface area contributed by atoms with E-state index in [-0.39, 0.29) is 17.9 Å². The lowest BCUT2D eigenvalue weighted by molar-refractivity contribution is -0.142. The maximum Gasteiger partial charge on any atom is 0.229 e. The molecular weight excluding hydrogens is 130 g/mol. The lowest BCUT2D eigenvalue weighted by Crippen LogP contribution is -2.35. The van der Waals surface area contributed by atoms with Gasteiger partial charge in [-0.25, -0.2) is 0 Å². The minimum absolute atomic E-state index is 0.0278. The fraction of sp³-hybridized carbons (Fsp3) is 0.714. The first kappa shape index (κ1) is 7.25. The van der Waals surface area contributed by atoms with E-state index in [4.69, 9.17) is 0 Å². The van der Waals surface area contributed by atoms with E-state index in [0.717, 1.165) is 6.42 Å². The van der Waals surface area contributed by atoms with E-state index >= 15 is 0 Å². The van der Waals surface area contributed by atoms with Gasteiger partial charge in [-0.3, -0.25) is 14.5 Å². The van der Waals surface area contributed by atoms with E-state index in [1.54, 1.807) is 0 Å². The molecule has 0 radical (unpaired) electrons. The minimum atomic E-state index is -0.130. The molecule has 0 aromatic carbocycles. The van der Waals surface area contributed by atoms with Crippen molar-refractivity contribution in [2.75, 3.05) is 0 Å². The highest BCUT2D eigenvalue weighted by Crippen LogP contribution is 2.17. The van der Waals surface area contributed by atoms with Crippen molar-refractivity contribution >= 4 is 11.8 Å². The molecule has 2 amide bonds. The Hall–Kier alpha value is -0.860. The third kappa shape index (κ3) is 1.03. The van der Waals surface area contributed by atoms with Crippen molar-refractivity contribution < 1.29 is 9.59 Å². The lowest BCUT2D eigenvalue weighted by Gasteiger charge is -2.16. The van der Waals surface area contributed by atoms with Crippen molar-refractivity contribution in [2.24, 2.45) is 0 Å². The topological polar surface area (TPSA) is 37.4 Å². The smallest absolute Gasteiger partial charge is 0.229 e. The molecule has 0 aromatic heterocycles. The van der Waals surface area contributed by atoms with Gasteiger partial charge in [0.1, 0.15) is 0 Å². The molecule has 0 spiro atoms. The van der Waals surface area contributed by atoms with E-state index in [9.17, 15) is 9.59 Å². The van der Waals surface area contributed by atoms with Crippen molar-refractivity contribution in [2.45, 2.75) is 32.7 Å². The molecule has 3 heteroatoms. The van der Waals surface area contributed by atoms with Crippen LogP contribution in [0.2, 0.25) is 0 Å². The Bertz CT molecular complexity index is 176. The van der Waals surface area contributed by atoms with Gasteiger partial charge in [0.2, 0.25) is 11.8 Å². The van der Waals surface area contributed by atoms with Gasteiger partial charge in [-0.15, -0.1) is 0 Å². The fourth-order valence-corrected chi connectivity index (χ4v) is 1.31. The Kier molecular flexibility index (Phi) is 1.74. The Balaban J connectivity index is 2.72. The second kappa shape index (κ2) is 2.40. The molecule has 0 aromatic rings. The number of hydrogen-bond acceptors (Lipinski definition) is 2. The van der Waals surface area contributed by atoms with Gasteiger partial charge in [0, 0.05) is 19.4 Å². The van der Waals surface area contributed by atoms with Crippen LogP contribution < -0.4 is 0 Å². The van der Waals surface area contributed by atoms with Gasteiger partial charge in [0.05, 0.1) is 0 Å². The quantitative estimate of drug-likeness (QED) is 0.494. The molecule has 1 saturated heterocycles. The van der Waals surface area contributed by atoms with Crippen LogP contribution in [0.5, 0.6) is 0 Å². The van der Waals surface area contributed by atoms with Gasteiger partial charge in [0.25, 0.3) is 0 Å². The fourth-order valence-electron chi connectivity index (χ4n) is 1.31. The summed E-state index contributed by atoms with van der Waals surface area (Å²) in [6.07, 6.45) is 1.35. The Morgan fingerprint density at radius 2 is 2.30 bits per heavy atom. The van der Waals surface area contributed by atoms with Crippen LogP contribution in [-0.4, -0.2) is 22.8 Å². The molecule has 1 rings (SSSR count). The van der Waals surface area contributed by atoms with Gasteiger partial charge in [0.15, 0.2) is 0 Å². The first-order valence-electron chi connectivity index (χ1n) is 3.45. The highest BCUT2D eigenvalue weighted by atomic mass is 16.2. The Morgan fingerprint density at radius 3 is 2.50 bits per heavy atom. The maximum absolute atomic E-state index is 10.9. The standard InChI is InChI=1S/C7H11NO2/c1-5-3-4-7(10)8(5)6(2)9/h5H,3-4H2,1-2H3. The van der Waals surface area contributed by atoms with E-state index < -0.39 is 0 Å². The van der Waals surface area contributed by atoms with Gasteiger partial charge < -0.3 is 0 Å². The molecule has 1 aliphatic rings. The third-order valence-electron chi connectivity index (χ3n) is 1.82. The summed E-state index contributed by atoms with van der Waals surface area (Å²) in [6.45, 7) is 3.33. The highest BCUT2D eigenvalue weighted by Gasteiger charge is 2.30. The monoisotopic (exact) mass is 141 g/mol. The summed E-state index contributed by atoms with van der Waals surface area (Å²) in [4.78, 5) is 23.0. The molecule has 3 nitrogen and oxygen atoms in total. The zero-order valence-electron chi connectivity index (χ0n) is 6.26. The van der Waals surface area contributed by atoms with Gasteiger partial charge in [-0.1, -0.05) is 0 Å². The van der Waals surface area contributed by atoms with Crippen molar-refractivity contribution in [3.63, 3.8) is 0 Å². The summed E-state index contributed by atoms with van der Waals surface area (Å²) in [5, 5.41) is 0. The number of carbonyl (C=O) groups excluding carboxylic acids is 2. The summed E-state index contributed by atoms with van der Waals surface area (Å²) in [6, 6.07) is 0.116. The molecular formula is C7H11NO2. The average molecular weight is 141 g/mol. The minimum Gasteiger partial charge on any atom is -0.280 e. The van der Waals surface area contributed by atoms with Crippen molar-refractivity contribution in [1.82, 2.24) is 4.90 Å². The highest BCUT2D eigenvalue weighted by molar-refractivity contribution is 5.96. The number of likely N-dealkylation sites (tertiary alicyclic amines) is 1. The molecule has 1 atom stereocenters. The van der Waals surface area contributed by atoms with E-state index in [1.165, 1.54) is 11.8 Å².